The normalized spacial score (nSPS) is 15.1. The average Bonchev–Trinajstić information content (AvgIpc) is 3.89. The summed E-state index contributed by atoms with van der Waals surface area (Å²) in [5.41, 5.74) is 20.6. The van der Waals surface area contributed by atoms with Gasteiger partial charge in [-0.25, -0.2) is 4.79 Å². The quantitative estimate of drug-likeness (QED) is 0.0170. The number of rotatable bonds is 27. The van der Waals surface area contributed by atoms with Gasteiger partial charge in [-0.05, 0) is 114 Å². The predicted octanol–water partition coefficient (Wildman–Crippen LogP) is 6.09. The molecule has 0 spiro atoms. The van der Waals surface area contributed by atoms with Crippen molar-refractivity contribution in [3.05, 3.63) is 142 Å². The van der Waals surface area contributed by atoms with Crippen molar-refractivity contribution in [3.63, 3.8) is 0 Å². The van der Waals surface area contributed by atoms with E-state index in [1.165, 1.54) is 38.5 Å². The molecule has 74 heavy (non-hydrogen) atoms. The topological polar surface area (TPSA) is 233 Å². The highest BCUT2D eigenvalue weighted by Gasteiger charge is 2.42. The summed E-state index contributed by atoms with van der Waals surface area (Å²) >= 11 is 0. The Morgan fingerprint density at radius 1 is 0.703 bits per heavy atom. The van der Waals surface area contributed by atoms with E-state index in [1.807, 2.05) is 0 Å². The van der Waals surface area contributed by atoms with E-state index < -0.39 is 5.69 Å². The van der Waals surface area contributed by atoms with Crippen molar-refractivity contribution in [2.45, 2.75) is 96.4 Å². The smallest absolute Gasteiger partial charge is 0.328 e. The Kier molecular flexibility index (Phi) is 18.8. The van der Waals surface area contributed by atoms with Gasteiger partial charge in [0, 0.05) is 66.1 Å². The summed E-state index contributed by atoms with van der Waals surface area (Å²) < 4.78 is 3.69. The molecule has 392 valence electrons. The van der Waals surface area contributed by atoms with Gasteiger partial charge >= 0.3 is 5.69 Å². The van der Waals surface area contributed by atoms with Crippen LogP contribution in [0, 0.1) is 0 Å². The van der Waals surface area contributed by atoms with Gasteiger partial charge < -0.3 is 47.9 Å². The Morgan fingerprint density at radius 2 is 1.36 bits per heavy atom. The molecule has 7 rings (SSSR count). The van der Waals surface area contributed by atoms with Crippen molar-refractivity contribution in [2.24, 2.45) is 0 Å². The zero-order chi connectivity index (χ0) is 52.7. The molecule has 17 heteroatoms. The first-order valence-corrected chi connectivity index (χ1v) is 26.1. The number of nitrogens with one attached hydrogen (secondary N) is 6. The van der Waals surface area contributed by atoms with Crippen LogP contribution in [0.5, 0.6) is 0 Å². The number of imidazole rings is 1. The van der Waals surface area contributed by atoms with Crippen molar-refractivity contribution in [2.75, 3.05) is 75.8 Å². The maximum atomic E-state index is 12.7. The molecular weight excluding hydrogens is 931 g/mol. The molecule has 0 bridgehead atoms. The second-order valence-electron chi connectivity index (χ2n) is 20.2. The third-order valence-corrected chi connectivity index (χ3v) is 14.1. The van der Waals surface area contributed by atoms with Crippen LogP contribution in [0.1, 0.15) is 106 Å². The second kappa shape index (κ2) is 25.5. The number of fused-ring (bicyclic) bond motifs is 3. The zero-order valence-electron chi connectivity index (χ0n) is 43.9. The highest BCUT2D eigenvalue weighted by molar-refractivity contribution is 6.03. The van der Waals surface area contributed by atoms with Crippen molar-refractivity contribution in [3.8, 4) is 0 Å². The molecule has 0 saturated heterocycles. The highest BCUT2D eigenvalue weighted by Crippen LogP contribution is 2.47. The van der Waals surface area contributed by atoms with Crippen molar-refractivity contribution < 1.29 is 19.0 Å². The molecule has 0 saturated carbocycles. The van der Waals surface area contributed by atoms with E-state index in [0.717, 1.165) is 83.2 Å². The fourth-order valence-corrected chi connectivity index (χ4v) is 9.98. The van der Waals surface area contributed by atoms with E-state index in [-0.39, 0.29) is 53.4 Å². The van der Waals surface area contributed by atoms with Crippen LogP contribution >= 0.6 is 0 Å². The number of H-pyrrole nitrogens is 1. The average molecular weight is 1010 g/mol. The zero-order valence-corrected chi connectivity index (χ0v) is 43.9. The van der Waals surface area contributed by atoms with Gasteiger partial charge in [0.2, 0.25) is 23.5 Å². The first-order chi connectivity index (χ1) is 35.7. The predicted molar refractivity (Wildman–Crippen MR) is 297 cm³/mol. The minimum atomic E-state index is -0.409. The number of carbonyl (C=O) groups excluding carboxylic acids is 3. The number of hydrogen-bond donors (Lipinski definition) is 8. The van der Waals surface area contributed by atoms with E-state index in [0.29, 0.717) is 36.2 Å². The van der Waals surface area contributed by atoms with Gasteiger partial charge in [0.15, 0.2) is 17.2 Å². The molecule has 0 fully saturated rings. The van der Waals surface area contributed by atoms with Crippen LogP contribution < -0.4 is 48.6 Å². The fraction of sp³-hybridized carbons (Fsp3) is 0.421. The van der Waals surface area contributed by atoms with Crippen LogP contribution in [-0.2, 0) is 27.0 Å². The van der Waals surface area contributed by atoms with E-state index in [1.54, 1.807) is 24.3 Å². The number of unbranched alkanes of at least 4 members (excludes halogenated alkanes) is 3. The first kappa shape index (κ1) is 54.4. The number of anilines is 3. The second-order valence-corrected chi connectivity index (χ2v) is 20.2. The van der Waals surface area contributed by atoms with Gasteiger partial charge in [0.05, 0.1) is 18.5 Å². The van der Waals surface area contributed by atoms with Crippen molar-refractivity contribution in [1.82, 2.24) is 46.1 Å². The van der Waals surface area contributed by atoms with E-state index in [9.17, 15) is 19.2 Å². The molecule has 0 unspecified atom stereocenters. The summed E-state index contributed by atoms with van der Waals surface area (Å²) in [4.78, 5) is 63.3. The molecule has 0 atom stereocenters. The van der Waals surface area contributed by atoms with Gasteiger partial charge in [-0.15, -0.1) is 0 Å². The molecule has 17 nitrogen and oxygen atoms in total. The lowest BCUT2D eigenvalue weighted by atomic mass is 9.81. The molecule has 2 aromatic heterocycles. The number of hydrogen-bond acceptors (Lipinski definition) is 11. The lowest BCUT2D eigenvalue weighted by Crippen LogP contribution is -2.37. The number of nitrogen functional groups attached to an aromatic ring is 2. The van der Waals surface area contributed by atoms with E-state index >= 15 is 0 Å². The Hall–Kier alpha value is -7.37. The van der Waals surface area contributed by atoms with Gasteiger partial charge in [-0.1, -0.05) is 87.0 Å². The number of benzene rings is 3. The summed E-state index contributed by atoms with van der Waals surface area (Å²) in [5.74, 6) is -0.477. The van der Waals surface area contributed by atoms with Gasteiger partial charge in [-0.2, -0.15) is 14.5 Å². The number of para-hydroxylation sites is 2. The van der Waals surface area contributed by atoms with Crippen LogP contribution in [0.4, 0.5) is 23.1 Å². The summed E-state index contributed by atoms with van der Waals surface area (Å²) in [7, 11) is 2.15. The number of allylic oxidation sites excluding steroid dienone is 6. The minimum absolute atomic E-state index is 0.0402. The molecule has 3 amide bonds. The van der Waals surface area contributed by atoms with Crippen molar-refractivity contribution >= 4 is 57.7 Å². The molecule has 4 heterocycles. The Labute approximate surface area is 435 Å². The molecule has 0 radical (unpaired) electrons. The highest BCUT2D eigenvalue weighted by atomic mass is 16.2. The standard InChI is InChI=1S/C57H75N13O4/c1-56(2)42-20-11-13-22-44(42)68(5)46(56)24-8-6-9-25-47-57(3,4)43-21-12-14-23-45(43)69(47)37-17-7-10-26-48(71)62-35-18-33-60-31-15-16-32-61-34-19-36-63-49(72)38-64-53(73)41-29-27-40(28-30-41)39-70-52-50(65-55(70)74)51(58)66-54(59)67-52/h6,8-9,11-14,20-25,27-30,60-61H,7,10,15-19,26,31-39H2,1-5H3,(H7-,58,59,62,63,64,65,66,67,71,72,73,74)/p+1. The fourth-order valence-electron chi connectivity index (χ4n) is 9.98. The van der Waals surface area contributed by atoms with E-state index in [2.05, 4.69) is 165 Å². The summed E-state index contributed by atoms with van der Waals surface area (Å²) in [6.45, 7) is 14.8. The largest absolute Gasteiger partial charge is 0.382 e. The third-order valence-electron chi connectivity index (χ3n) is 14.1. The number of carbonyl (C=O) groups is 3. The maximum absolute atomic E-state index is 12.7. The van der Waals surface area contributed by atoms with Gasteiger partial charge in [-0.3, -0.25) is 19.0 Å². The van der Waals surface area contributed by atoms with Crippen LogP contribution in [0.3, 0.4) is 0 Å². The molecule has 2 aliphatic rings. The van der Waals surface area contributed by atoms with E-state index in [4.69, 9.17) is 11.5 Å². The molecule has 3 aromatic carbocycles. The Balaban J connectivity index is 0.679. The summed E-state index contributed by atoms with van der Waals surface area (Å²) in [6, 6.07) is 24.1. The third kappa shape index (κ3) is 13.6. The van der Waals surface area contributed by atoms with Crippen molar-refractivity contribution in [1.29, 1.82) is 0 Å². The van der Waals surface area contributed by atoms with Gasteiger partial charge in [0.1, 0.15) is 12.6 Å². The summed E-state index contributed by atoms with van der Waals surface area (Å²) in [6.07, 6.45) is 18.1. The molecule has 2 aliphatic heterocycles. The number of aromatic amines is 1. The van der Waals surface area contributed by atoms with Crippen LogP contribution in [0.2, 0.25) is 0 Å². The SMILES string of the molecule is C[N+]1=C(/C=C/C=C/C=C2/N(CCCCCC(=O)NCCCNCCCCNCCCNC(=O)CNC(=O)c3ccc(Cn4c(=O)[nH]c5c(N)nc(N)nc54)cc3)c3ccccc3C2(C)C)C(C)(C)c2ccccc21. The minimum Gasteiger partial charge on any atom is -0.382 e. The number of nitrogens with zero attached hydrogens (tertiary/aromatic N) is 5. The summed E-state index contributed by atoms with van der Waals surface area (Å²) in [5, 5.41) is 15.5. The molecule has 5 aromatic rings. The van der Waals surface area contributed by atoms with Crippen LogP contribution in [0.25, 0.3) is 11.2 Å². The van der Waals surface area contributed by atoms with Crippen LogP contribution in [0.15, 0.2) is 114 Å². The van der Waals surface area contributed by atoms with Crippen LogP contribution in [-0.4, -0.2) is 107 Å². The Morgan fingerprint density at radius 3 is 2.08 bits per heavy atom. The number of nitrogens with two attached hydrogens (primary N) is 2. The molecule has 0 aliphatic carbocycles. The number of aromatic nitrogens is 4. The maximum Gasteiger partial charge on any atom is 0.328 e. The first-order valence-electron chi connectivity index (χ1n) is 26.1. The van der Waals surface area contributed by atoms with Gasteiger partial charge in [0.25, 0.3) is 5.91 Å². The molecular formula is C57H76N13O4+. The monoisotopic (exact) mass is 1010 g/mol. The molecule has 10 N–H and O–H groups in total. The number of amides is 3. The Bertz CT molecular complexity index is 2950. The lowest BCUT2D eigenvalue weighted by Gasteiger charge is -2.27. The lowest BCUT2D eigenvalue weighted by molar-refractivity contribution is -0.401.